The fourth-order valence-corrected chi connectivity index (χ4v) is 2.10. The van der Waals surface area contributed by atoms with Gasteiger partial charge >= 0.3 is 0 Å². The molecule has 1 aromatic carbocycles. The molecule has 1 aliphatic heterocycles. The fourth-order valence-electron chi connectivity index (χ4n) is 2.10. The van der Waals surface area contributed by atoms with Gasteiger partial charge in [-0.2, -0.15) is 0 Å². The van der Waals surface area contributed by atoms with Crippen molar-refractivity contribution in [3.05, 3.63) is 29.8 Å². The minimum absolute atomic E-state index is 0.0829. The van der Waals surface area contributed by atoms with E-state index < -0.39 is 0 Å². The van der Waals surface area contributed by atoms with Gasteiger partial charge in [-0.15, -0.1) is 0 Å². The lowest BCUT2D eigenvalue weighted by atomic mass is 10.1. The van der Waals surface area contributed by atoms with Gasteiger partial charge in [-0.3, -0.25) is 4.79 Å². The van der Waals surface area contributed by atoms with E-state index in [2.05, 4.69) is 0 Å². The molecule has 0 bridgehead atoms. The largest absolute Gasteiger partial charge is 0.399 e. The number of carbonyl (C=O) groups is 1. The summed E-state index contributed by atoms with van der Waals surface area (Å²) in [6, 6.07) is 7.07. The van der Waals surface area contributed by atoms with Crippen molar-refractivity contribution in [2.24, 2.45) is 0 Å². The number of hydrogen-bond acceptors (Lipinski definition) is 3. The fraction of sp³-hybridized carbons (Fsp3) is 0.533. The van der Waals surface area contributed by atoms with E-state index in [0.29, 0.717) is 17.4 Å². The number of nitrogens with two attached hydrogens (primary N) is 1. The quantitative estimate of drug-likeness (QED) is 0.835. The molecule has 0 aliphatic carbocycles. The molecule has 19 heavy (non-hydrogen) atoms. The van der Waals surface area contributed by atoms with Crippen molar-refractivity contribution in [2.45, 2.75) is 32.8 Å². The van der Waals surface area contributed by atoms with Crippen molar-refractivity contribution in [3.63, 3.8) is 0 Å². The summed E-state index contributed by atoms with van der Waals surface area (Å²) in [6.45, 7) is 5.53. The van der Waals surface area contributed by atoms with Crippen LogP contribution in [0.25, 0.3) is 0 Å². The Morgan fingerprint density at radius 2 is 1.74 bits per heavy atom. The third-order valence-corrected chi connectivity index (χ3v) is 3.22. The first kappa shape index (κ1) is 15.5. The van der Waals surface area contributed by atoms with Crippen molar-refractivity contribution >= 4 is 11.6 Å². The Hall–Kier alpha value is -1.55. The van der Waals surface area contributed by atoms with Gasteiger partial charge in [-0.25, -0.2) is 0 Å². The molecule has 1 aliphatic rings. The van der Waals surface area contributed by atoms with Crippen LogP contribution in [-0.4, -0.2) is 37.1 Å². The summed E-state index contributed by atoms with van der Waals surface area (Å²) in [4.78, 5) is 14.0. The monoisotopic (exact) mass is 264 g/mol. The third kappa shape index (κ3) is 4.24. The highest BCUT2D eigenvalue weighted by molar-refractivity contribution is 5.94. The van der Waals surface area contributed by atoms with Gasteiger partial charge in [-0.1, -0.05) is 13.8 Å². The van der Waals surface area contributed by atoms with E-state index in [1.165, 1.54) is 0 Å². The van der Waals surface area contributed by atoms with E-state index in [1.54, 1.807) is 31.4 Å². The molecule has 4 heteroatoms. The zero-order valence-corrected chi connectivity index (χ0v) is 12.1. The molecule has 106 valence electrons. The van der Waals surface area contributed by atoms with Gasteiger partial charge < -0.3 is 15.4 Å². The van der Waals surface area contributed by atoms with Crippen LogP contribution in [-0.2, 0) is 4.74 Å². The number of nitrogen functional groups attached to an aromatic ring is 1. The number of likely N-dealkylation sites (tertiary alicyclic amines) is 1. The number of methoxy groups -OCH3 is 1. The van der Waals surface area contributed by atoms with Gasteiger partial charge in [0.15, 0.2) is 0 Å². The van der Waals surface area contributed by atoms with Crippen molar-refractivity contribution in [1.29, 1.82) is 0 Å². The molecule has 1 aromatic rings. The molecule has 0 radical (unpaired) electrons. The number of carbonyl (C=O) groups excluding carboxylic acids is 1. The Bertz CT molecular complexity index is 382. The van der Waals surface area contributed by atoms with Crippen molar-refractivity contribution in [3.8, 4) is 0 Å². The molecule has 1 amide bonds. The zero-order chi connectivity index (χ0) is 14.3. The minimum Gasteiger partial charge on any atom is -0.399 e. The maximum Gasteiger partial charge on any atom is 0.253 e. The summed E-state index contributed by atoms with van der Waals surface area (Å²) in [6.07, 6.45) is 2.12. The van der Waals surface area contributed by atoms with Crippen molar-refractivity contribution < 1.29 is 9.53 Å². The summed E-state index contributed by atoms with van der Waals surface area (Å²) >= 11 is 0. The second kappa shape index (κ2) is 7.79. The van der Waals surface area contributed by atoms with E-state index >= 15 is 0 Å². The molecular weight excluding hydrogens is 240 g/mol. The summed E-state index contributed by atoms with van der Waals surface area (Å²) in [7, 11) is 1.72. The summed E-state index contributed by atoms with van der Waals surface area (Å²) in [5, 5.41) is 0. The van der Waals surface area contributed by atoms with E-state index in [9.17, 15) is 4.79 Å². The first-order valence-electron chi connectivity index (χ1n) is 6.88. The molecule has 0 atom stereocenters. The zero-order valence-electron chi connectivity index (χ0n) is 12.1. The molecule has 1 fully saturated rings. The van der Waals surface area contributed by atoms with Crippen LogP contribution in [0.1, 0.15) is 37.0 Å². The second-order valence-electron chi connectivity index (χ2n) is 4.35. The molecule has 2 rings (SSSR count). The molecule has 0 spiro atoms. The summed E-state index contributed by atoms with van der Waals surface area (Å²) < 4.78 is 5.29. The van der Waals surface area contributed by atoms with Gasteiger partial charge in [0.05, 0.1) is 6.10 Å². The molecule has 0 aromatic heterocycles. The van der Waals surface area contributed by atoms with Crippen LogP contribution in [0.3, 0.4) is 0 Å². The molecule has 4 nitrogen and oxygen atoms in total. The van der Waals surface area contributed by atoms with E-state index in [1.807, 2.05) is 18.7 Å². The first-order valence-corrected chi connectivity index (χ1v) is 6.88. The Labute approximate surface area is 115 Å². The van der Waals surface area contributed by atoms with Crippen LogP contribution in [0.5, 0.6) is 0 Å². The lowest BCUT2D eigenvalue weighted by Gasteiger charge is -2.31. The lowest BCUT2D eigenvalue weighted by Crippen LogP contribution is -2.40. The maximum absolute atomic E-state index is 12.2. The van der Waals surface area contributed by atoms with Gasteiger partial charge in [0, 0.05) is 31.5 Å². The van der Waals surface area contributed by atoms with Gasteiger partial charge in [0.2, 0.25) is 0 Å². The SMILES string of the molecule is CC.COC1CCN(C(=O)c2ccc(N)cc2)CC1. The van der Waals surface area contributed by atoms with Crippen LogP contribution in [0.15, 0.2) is 24.3 Å². The standard InChI is InChI=1S/C13H18N2O2.C2H6/c1-17-12-6-8-15(9-7-12)13(16)10-2-4-11(14)5-3-10;1-2/h2-5,12H,6-9,14H2,1H3;1-2H3. The topological polar surface area (TPSA) is 55.6 Å². The smallest absolute Gasteiger partial charge is 0.253 e. The van der Waals surface area contributed by atoms with Crippen molar-refractivity contribution in [1.82, 2.24) is 4.90 Å². The Balaban J connectivity index is 0.000000861. The lowest BCUT2D eigenvalue weighted by molar-refractivity contribution is 0.0351. The highest BCUT2D eigenvalue weighted by Gasteiger charge is 2.23. The van der Waals surface area contributed by atoms with Crippen LogP contribution < -0.4 is 5.73 Å². The Morgan fingerprint density at radius 1 is 1.21 bits per heavy atom. The van der Waals surface area contributed by atoms with Crippen LogP contribution in [0, 0.1) is 0 Å². The van der Waals surface area contributed by atoms with Crippen LogP contribution in [0.4, 0.5) is 5.69 Å². The maximum atomic E-state index is 12.2. The summed E-state index contributed by atoms with van der Waals surface area (Å²) in [5.41, 5.74) is 6.98. The Morgan fingerprint density at radius 3 is 2.21 bits per heavy atom. The van der Waals surface area contributed by atoms with Crippen molar-refractivity contribution in [2.75, 3.05) is 25.9 Å². The number of benzene rings is 1. The number of nitrogens with zero attached hydrogens (tertiary/aromatic N) is 1. The number of ether oxygens (including phenoxy) is 1. The first-order chi connectivity index (χ1) is 9.20. The van der Waals surface area contributed by atoms with Gasteiger partial charge in [-0.05, 0) is 37.1 Å². The van der Waals surface area contributed by atoms with E-state index in [4.69, 9.17) is 10.5 Å². The number of amides is 1. The highest BCUT2D eigenvalue weighted by atomic mass is 16.5. The molecule has 1 saturated heterocycles. The third-order valence-electron chi connectivity index (χ3n) is 3.22. The van der Waals surface area contributed by atoms with E-state index in [-0.39, 0.29) is 5.91 Å². The number of piperidine rings is 1. The molecule has 1 heterocycles. The Kier molecular flexibility index (Phi) is 6.36. The van der Waals surface area contributed by atoms with Gasteiger partial charge in [0.1, 0.15) is 0 Å². The minimum atomic E-state index is 0.0829. The number of hydrogen-bond donors (Lipinski definition) is 1. The van der Waals surface area contributed by atoms with E-state index in [0.717, 1.165) is 25.9 Å². The average Bonchev–Trinajstić information content (AvgIpc) is 2.49. The highest BCUT2D eigenvalue weighted by Crippen LogP contribution is 2.16. The second-order valence-corrected chi connectivity index (χ2v) is 4.35. The van der Waals surface area contributed by atoms with Gasteiger partial charge in [0.25, 0.3) is 5.91 Å². The molecule has 0 unspecified atom stereocenters. The normalized spacial score (nSPS) is 15.6. The molecular formula is C15H24N2O2. The molecule has 2 N–H and O–H groups in total. The predicted octanol–water partition coefficient (Wildman–Crippen LogP) is 2.55. The molecule has 0 saturated carbocycles. The summed E-state index contributed by atoms with van der Waals surface area (Å²) in [5.74, 6) is 0.0829. The number of anilines is 1. The average molecular weight is 264 g/mol. The van der Waals surface area contributed by atoms with Crippen LogP contribution in [0.2, 0.25) is 0 Å². The van der Waals surface area contributed by atoms with Crippen LogP contribution >= 0.6 is 0 Å². The number of rotatable bonds is 2. The predicted molar refractivity (Wildman–Crippen MR) is 78.1 cm³/mol.